The molecule has 0 saturated carbocycles. The van der Waals surface area contributed by atoms with Crippen LogP contribution in [0.2, 0.25) is 0 Å². The van der Waals surface area contributed by atoms with E-state index in [1.165, 1.54) is 0 Å². The summed E-state index contributed by atoms with van der Waals surface area (Å²) in [6.07, 6.45) is 0.824. The van der Waals surface area contributed by atoms with Crippen molar-refractivity contribution in [3.05, 3.63) is 57.2 Å². The Morgan fingerprint density at radius 1 is 1.33 bits per heavy atom. The van der Waals surface area contributed by atoms with Crippen LogP contribution in [0.3, 0.4) is 0 Å². The van der Waals surface area contributed by atoms with Crippen molar-refractivity contribution < 1.29 is 9.47 Å². The van der Waals surface area contributed by atoms with E-state index in [1.807, 2.05) is 35.6 Å². The first kappa shape index (κ1) is 22.2. The number of fused-ring (bicyclic) bond motifs is 5. The Morgan fingerprint density at radius 2 is 2.09 bits per heavy atom. The van der Waals surface area contributed by atoms with Gasteiger partial charge in [0.05, 0.1) is 30.9 Å². The van der Waals surface area contributed by atoms with E-state index in [4.69, 9.17) is 9.47 Å². The summed E-state index contributed by atoms with van der Waals surface area (Å²) >= 11 is 3.19. The molecule has 0 unspecified atom stereocenters. The van der Waals surface area contributed by atoms with Gasteiger partial charge >= 0.3 is 0 Å². The van der Waals surface area contributed by atoms with E-state index in [-0.39, 0.29) is 11.7 Å². The third kappa shape index (κ3) is 3.78. The molecule has 1 aliphatic heterocycles. The first-order valence-corrected chi connectivity index (χ1v) is 12.7. The van der Waals surface area contributed by atoms with E-state index in [1.54, 1.807) is 34.8 Å². The molecule has 9 heteroatoms. The van der Waals surface area contributed by atoms with E-state index in [0.29, 0.717) is 18.3 Å². The maximum absolute atomic E-state index is 14.0. The zero-order valence-electron chi connectivity index (χ0n) is 19.1. The molecule has 172 valence electrons. The molecule has 7 nitrogen and oxygen atoms in total. The lowest BCUT2D eigenvalue weighted by molar-refractivity contribution is 0.00200. The fraction of sp³-hybridized carbons (Fsp3) is 0.375. The Morgan fingerprint density at radius 3 is 2.76 bits per heavy atom. The van der Waals surface area contributed by atoms with Crippen molar-refractivity contribution in [3.8, 4) is 11.4 Å². The molecule has 1 aromatic carbocycles. The highest BCUT2D eigenvalue weighted by molar-refractivity contribution is 7.99. The van der Waals surface area contributed by atoms with Crippen molar-refractivity contribution in [2.24, 2.45) is 5.92 Å². The third-order valence-electron chi connectivity index (χ3n) is 5.86. The zero-order valence-corrected chi connectivity index (χ0v) is 20.8. The van der Waals surface area contributed by atoms with Crippen LogP contribution in [0.4, 0.5) is 0 Å². The van der Waals surface area contributed by atoms with Gasteiger partial charge in [0.1, 0.15) is 10.6 Å². The number of rotatable bonds is 6. The van der Waals surface area contributed by atoms with Crippen LogP contribution >= 0.6 is 23.1 Å². The lowest BCUT2D eigenvalue weighted by atomic mass is 9.96. The molecule has 0 radical (unpaired) electrons. The molecule has 4 aromatic rings. The van der Waals surface area contributed by atoms with Crippen LogP contribution in [0.1, 0.15) is 31.2 Å². The maximum Gasteiger partial charge on any atom is 0.268 e. The number of methoxy groups -OCH3 is 1. The number of thiophene rings is 1. The molecule has 0 aliphatic carbocycles. The molecule has 4 heterocycles. The van der Waals surface area contributed by atoms with Crippen LogP contribution in [0.25, 0.3) is 21.7 Å². The van der Waals surface area contributed by atoms with Gasteiger partial charge in [-0.05, 0) is 42.7 Å². The van der Waals surface area contributed by atoms with Gasteiger partial charge in [0.2, 0.25) is 5.78 Å². The van der Waals surface area contributed by atoms with Gasteiger partial charge < -0.3 is 9.47 Å². The second-order valence-electron chi connectivity index (χ2n) is 8.68. The molecule has 0 spiro atoms. The van der Waals surface area contributed by atoms with Crippen molar-refractivity contribution in [3.63, 3.8) is 0 Å². The number of benzene rings is 1. The number of hydrogen-bond donors (Lipinski definition) is 0. The number of thioether (sulfide) groups is 1. The van der Waals surface area contributed by atoms with E-state index < -0.39 is 0 Å². The van der Waals surface area contributed by atoms with E-state index in [9.17, 15) is 4.79 Å². The smallest absolute Gasteiger partial charge is 0.268 e. The predicted molar refractivity (Wildman–Crippen MR) is 133 cm³/mol. The highest BCUT2D eigenvalue weighted by atomic mass is 32.2. The molecule has 0 bridgehead atoms. The Hall–Kier alpha value is -2.62. The van der Waals surface area contributed by atoms with Gasteiger partial charge in [-0.1, -0.05) is 37.8 Å². The average molecular weight is 483 g/mol. The molecule has 0 fully saturated rings. The Balaban J connectivity index is 1.81. The Kier molecular flexibility index (Phi) is 5.80. The van der Waals surface area contributed by atoms with Crippen LogP contribution < -0.4 is 10.3 Å². The summed E-state index contributed by atoms with van der Waals surface area (Å²) in [5.41, 5.74) is 2.80. The topological polar surface area (TPSA) is 70.7 Å². The first-order chi connectivity index (χ1) is 15.9. The van der Waals surface area contributed by atoms with Gasteiger partial charge in [-0.15, -0.1) is 21.5 Å². The van der Waals surface area contributed by atoms with Crippen LogP contribution in [0, 0.1) is 5.92 Å². The van der Waals surface area contributed by atoms with E-state index in [0.717, 1.165) is 55.0 Å². The monoisotopic (exact) mass is 482 g/mol. The molecule has 0 N–H and O–H groups in total. The van der Waals surface area contributed by atoms with Crippen LogP contribution in [-0.2, 0) is 17.8 Å². The van der Waals surface area contributed by atoms with Crippen molar-refractivity contribution >= 4 is 39.1 Å². The van der Waals surface area contributed by atoms with Crippen LogP contribution in [-0.4, -0.2) is 38.1 Å². The third-order valence-corrected chi connectivity index (χ3v) is 8.21. The number of hydrogen-bond acceptors (Lipinski definition) is 7. The molecular formula is C24H26N4O3S2. The maximum atomic E-state index is 14.0. The summed E-state index contributed by atoms with van der Waals surface area (Å²) < 4.78 is 15.1. The molecule has 0 amide bonds. The van der Waals surface area contributed by atoms with Crippen LogP contribution in [0.5, 0.6) is 5.75 Å². The lowest BCUT2D eigenvalue weighted by Crippen LogP contribution is -2.28. The Bertz CT molecular complexity index is 1420. The molecule has 1 atom stereocenters. The highest BCUT2D eigenvalue weighted by Gasteiger charge is 2.30. The summed E-state index contributed by atoms with van der Waals surface area (Å²) in [4.78, 5) is 16.0. The second kappa shape index (κ2) is 8.62. The molecule has 1 aliphatic rings. The van der Waals surface area contributed by atoms with E-state index >= 15 is 0 Å². The summed E-state index contributed by atoms with van der Waals surface area (Å²) in [6, 6.07) is 7.45. The standard InChI is InChI=1S/C24H26N4O3S2/c1-13(2)12-32-24-26-25-23-27(15-6-8-16(30-5)9-7-15)21(29)20-17-10-18(14(3)4)31-11-19(17)33-22(20)28(23)24/h6-9,14,18H,1,10-12H2,2-5H3/t18-/m1/s1. The summed E-state index contributed by atoms with van der Waals surface area (Å²) in [5.74, 6) is 2.33. The van der Waals surface area contributed by atoms with E-state index in [2.05, 4.69) is 30.6 Å². The molecule has 5 rings (SSSR count). The molecular weight excluding hydrogens is 456 g/mol. The fourth-order valence-corrected chi connectivity index (χ4v) is 6.19. The average Bonchev–Trinajstić information content (AvgIpc) is 3.39. The Labute approximate surface area is 200 Å². The van der Waals surface area contributed by atoms with Gasteiger partial charge in [0, 0.05) is 17.1 Å². The summed E-state index contributed by atoms with van der Waals surface area (Å²) in [7, 11) is 1.62. The van der Waals surface area contributed by atoms with Gasteiger partial charge in [0.25, 0.3) is 5.56 Å². The lowest BCUT2D eigenvalue weighted by Gasteiger charge is -2.26. The minimum absolute atomic E-state index is 0.0755. The highest BCUT2D eigenvalue weighted by Crippen LogP contribution is 2.37. The largest absolute Gasteiger partial charge is 0.497 e. The van der Waals surface area contributed by atoms with Gasteiger partial charge in [0.15, 0.2) is 5.16 Å². The number of ether oxygens (including phenoxy) is 2. The molecule has 3 aromatic heterocycles. The van der Waals surface area contributed by atoms with Gasteiger partial charge in [-0.3, -0.25) is 4.79 Å². The zero-order chi connectivity index (χ0) is 23.3. The summed E-state index contributed by atoms with van der Waals surface area (Å²) in [6.45, 7) is 10.8. The SMILES string of the molecule is C=C(C)CSc1nnc2n(-c3ccc(OC)cc3)c(=O)c3c4c(sc3n12)CO[C@@H](C(C)C)C4. The summed E-state index contributed by atoms with van der Waals surface area (Å²) in [5, 5.41) is 10.4. The predicted octanol–water partition coefficient (Wildman–Crippen LogP) is 4.87. The van der Waals surface area contributed by atoms with Crippen molar-refractivity contribution in [2.45, 2.75) is 45.1 Å². The molecule has 0 saturated heterocycles. The second-order valence-corrected chi connectivity index (χ2v) is 10.7. The fourth-order valence-electron chi connectivity index (χ4n) is 4.11. The minimum atomic E-state index is -0.0755. The van der Waals surface area contributed by atoms with Crippen LogP contribution in [0.15, 0.2) is 46.4 Å². The van der Waals surface area contributed by atoms with Gasteiger partial charge in [-0.25, -0.2) is 8.97 Å². The van der Waals surface area contributed by atoms with Crippen molar-refractivity contribution in [1.29, 1.82) is 0 Å². The van der Waals surface area contributed by atoms with Gasteiger partial charge in [-0.2, -0.15) is 0 Å². The van der Waals surface area contributed by atoms with Crippen molar-refractivity contribution in [2.75, 3.05) is 12.9 Å². The first-order valence-electron chi connectivity index (χ1n) is 10.9. The number of aromatic nitrogens is 4. The minimum Gasteiger partial charge on any atom is -0.497 e. The normalized spacial score (nSPS) is 16.0. The van der Waals surface area contributed by atoms with Crippen molar-refractivity contribution in [1.82, 2.24) is 19.2 Å². The number of nitrogens with zero attached hydrogens (tertiary/aromatic N) is 4. The quantitative estimate of drug-likeness (QED) is 0.288. The molecule has 33 heavy (non-hydrogen) atoms.